The Balaban J connectivity index is 2.14. The minimum absolute atomic E-state index is 0.145. The highest BCUT2D eigenvalue weighted by atomic mass is 79.9. The molecule has 112 valence electrons. The molecule has 0 bridgehead atoms. The molecule has 0 atom stereocenters. The van der Waals surface area contributed by atoms with E-state index in [0.717, 1.165) is 26.4 Å². The molecular weight excluding hydrogens is 349 g/mol. The summed E-state index contributed by atoms with van der Waals surface area (Å²) < 4.78 is 15.1. The van der Waals surface area contributed by atoms with Crippen LogP contribution in [0.15, 0.2) is 56.7 Å². The minimum atomic E-state index is -0.145. The number of hydrogen-bond donors (Lipinski definition) is 1. The van der Waals surface area contributed by atoms with Crippen molar-refractivity contribution in [2.45, 2.75) is 30.2 Å². The molecular formula is C17H19BrFNS. The molecule has 0 aromatic heterocycles. The molecule has 2 aromatic carbocycles. The van der Waals surface area contributed by atoms with Gasteiger partial charge in [-0.25, -0.2) is 4.39 Å². The lowest BCUT2D eigenvalue weighted by Crippen LogP contribution is -2.20. The van der Waals surface area contributed by atoms with E-state index in [1.807, 2.05) is 30.3 Å². The first-order valence-corrected chi connectivity index (χ1v) is 8.58. The first kappa shape index (κ1) is 16.5. The molecule has 0 aliphatic carbocycles. The summed E-state index contributed by atoms with van der Waals surface area (Å²) >= 11 is 5.02. The fraction of sp³-hybridized carbons (Fsp3) is 0.294. The van der Waals surface area contributed by atoms with Gasteiger partial charge in [0.15, 0.2) is 0 Å². The lowest BCUT2D eigenvalue weighted by atomic mass is 10.2. The van der Waals surface area contributed by atoms with Crippen LogP contribution in [-0.4, -0.2) is 6.54 Å². The van der Waals surface area contributed by atoms with Gasteiger partial charge in [-0.1, -0.05) is 47.6 Å². The van der Waals surface area contributed by atoms with Gasteiger partial charge in [-0.2, -0.15) is 0 Å². The van der Waals surface area contributed by atoms with Crippen LogP contribution in [0, 0.1) is 11.7 Å². The van der Waals surface area contributed by atoms with E-state index in [2.05, 4.69) is 35.1 Å². The summed E-state index contributed by atoms with van der Waals surface area (Å²) in [5, 5.41) is 3.32. The Kier molecular flexibility index (Phi) is 6.27. The van der Waals surface area contributed by atoms with Crippen LogP contribution >= 0.6 is 27.7 Å². The van der Waals surface area contributed by atoms with Gasteiger partial charge < -0.3 is 5.32 Å². The van der Waals surface area contributed by atoms with Gasteiger partial charge in [-0.15, -0.1) is 0 Å². The molecule has 0 saturated heterocycles. The highest BCUT2D eigenvalue weighted by Gasteiger charge is 2.10. The fourth-order valence-electron chi connectivity index (χ4n) is 1.92. The van der Waals surface area contributed by atoms with E-state index in [9.17, 15) is 4.39 Å². The summed E-state index contributed by atoms with van der Waals surface area (Å²) in [5.74, 6) is 0.410. The van der Waals surface area contributed by atoms with Crippen molar-refractivity contribution in [2.24, 2.45) is 5.92 Å². The molecule has 2 rings (SSSR count). The average molecular weight is 368 g/mol. The fourth-order valence-corrected chi connectivity index (χ4v) is 3.15. The molecule has 0 aliphatic rings. The molecule has 1 N–H and O–H groups in total. The number of rotatable bonds is 6. The van der Waals surface area contributed by atoms with Crippen molar-refractivity contribution < 1.29 is 4.39 Å². The maximum absolute atomic E-state index is 14.1. The summed E-state index contributed by atoms with van der Waals surface area (Å²) in [6.07, 6.45) is 0. The summed E-state index contributed by atoms with van der Waals surface area (Å²) in [4.78, 5) is 2.07. The van der Waals surface area contributed by atoms with E-state index >= 15 is 0 Å². The van der Waals surface area contributed by atoms with E-state index in [0.29, 0.717) is 12.5 Å². The molecule has 4 heteroatoms. The van der Waals surface area contributed by atoms with E-state index < -0.39 is 0 Å². The monoisotopic (exact) mass is 367 g/mol. The van der Waals surface area contributed by atoms with Crippen molar-refractivity contribution in [1.82, 2.24) is 5.32 Å². The third-order valence-electron chi connectivity index (χ3n) is 2.97. The van der Waals surface area contributed by atoms with E-state index in [-0.39, 0.29) is 5.82 Å². The Morgan fingerprint density at radius 3 is 2.52 bits per heavy atom. The third kappa shape index (κ3) is 5.13. The average Bonchev–Trinajstić information content (AvgIpc) is 2.44. The van der Waals surface area contributed by atoms with Gasteiger partial charge in [0.2, 0.25) is 0 Å². The minimum Gasteiger partial charge on any atom is -0.312 e. The molecule has 0 unspecified atom stereocenters. The normalized spacial score (nSPS) is 11.1. The second-order valence-corrected chi connectivity index (χ2v) is 7.33. The SMILES string of the molecule is CC(C)CNCc1c(F)cccc1Sc1ccc(Br)cc1. The van der Waals surface area contributed by atoms with Crippen LogP contribution in [0.3, 0.4) is 0 Å². The molecule has 0 fully saturated rings. The summed E-state index contributed by atoms with van der Waals surface area (Å²) in [6, 6.07) is 13.3. The first-order valence-electron chi connectivity index (χ1n) is 6.98. The number of nitrogens with one attached hydrogen (secondary N) is 1. The Morgan fingerprint density at radius 2 is 1.86 bits per heavy atom. The first-order chi connectivity index (χ1) is 10.1. The second kappa shape index (κ2) is 7.97. The van der Waals surface area contributed by atoms with Crippen LogP contribution in [0.5, 0.6) is 0 Å². The Morgan fingerprint density at radius 1 is 1.14 bits per heavy atom. The van der Waals surface area contributed by atoms with Crippen molar-refractivity contribution in [3.8, 4) is 0 Å². The summed E-state index contributed by atoms with van der Waals surface area (Å²) in [6.45, 7) is 5.73. The van der Waals surface area contributed by atoms with Gasteiger partial charge in [0.25, 0.3) is 0 Å². The van der Waals surface area contributed by atoms with Gasteiger partial charge in [-0.3, -0.25) is 0 Å². The van der Waals surface area contributed by atoms with E-state index in [1.54, 1.807) is 17.8 Å². The number of halogens is 2. The zero-order valence-electron chi connectivity index (χ0n) is 12.2. The van der Waals surface area contributed by atoms with Gasteiger partial charge in [0, 0.05) is 26.4 Å². The smallest absolute Gasteiger partial charge is 0.128 e. The standard InChI is InChI=1S/C17H19BrFNS/c1-12(2)10-20-11-15-16(19)4-3-5-17(15)21-14-8-6-13(18)7-9-14/h3-9,12,20H,10-11H2,1-2H3. The molecule has 21 heavy (non-hydrogen) atoms. The largest absolute Gasteiger partial charge is 0.312 e. The van der Waals surface area contributed by atoms with Crippen LogP contribution in [-0.2, 0) is 6.54 Å². The maximum Gasteiger partial charge on any atom is 0.128 e. The maximum atomic E-state index is 14.1. The zero-order valence-corrected chi connectivity index (χ0v) is 14.6. The molecule has 0 heterocycles. The third-order valence-corrected chi connectivity index (χ3v) is 4.61. The Hall–Kier alpha value is -0.840. The highest BCUT2D eigenvalue weighted by molar-refractivity contribution is 9.10. The lowest BCUT2D eigenvalue weighted by molar-refractivity contribution is 0.530. The predicted molar refractivity (Wildman–Crippen MR) is 91.2 cm³/mol. The summed E-state index contributed by atoms with van der Waals surface area (Å²) in [5.41, 5.74) is 0.742. The summed E-state index contributed by atoms with van der Waals surface area (Å²) in [7, 11) is 0. The van der Waals surface area contributed by atoms with Crippen LogP contribution in [0.1, 0.15) is 19.4 Å². The van der Waals surface area contributed by atoms with Gasteiger partial charge in [0.1, 0.15) is 5.82 Å². The van der Waals surface area contributed by atoms with Crippen molar-refractivity contribution in [3.63, 3.8) is 0 Å². The lowest BCUT2D eigenvalue weighted by Gasteiger charge is -2.12. The number of hydrogen-bond acceptors (Lipinski definition) is 2. The van der Waals surface area contributed by atoms with Crippen molar-refractivity contribution >= 4 is 27.7 Å². The second-order valence-electron chi connectivity index (χ2n) is 5.30. The molecule has 0 amide bonds. The van der Waals surface area contributed by atoms with Crippen molar-refractivity contribution in [3.05, 3.63) is 58.3 Å². The van der Waals surface area contributed by atoms with Crippen molar-refractivity contribution in [1.29, 1.82) is 0 Å². The molecule has 1 nitrogen and oxygen atoms in total. The van der Waals surface area contributed by atoms with Gasteiger partial charge in [-0.05, 0) is 48.9 Å². The molecule has 0 radical (unpaired) electrons. The molecule has 2 aromatic rings. The highest BCUT2D eigenvalue weighted by Crippen LogP contribution is 2.32. The van der Waals surface area contributed by atoms with Crippen LogP contribution in [0.4, 0.5) is 4.39 Å². The van der Waals surface area contributed by atoms with Crippen LogP contribution < -0.4 is 5.32 Å². The topological polar surface area (TPSA) is 12.0 Å². The quantitative estimate of drug-likeness (QED) is 0.724. The van der Waals surface area contributed by atoms with E-state index in [4.69, 9.17) is 0 Å². The molecule has 0 saturated carbocycles. The van der Waals surface area contributed by atoms with Crippen LogP contribution in [0.2, 0.25) is 0 Å². The van der Waals surface area contributed by atoms with Crippen LogP contribution in [0.25, 0.3) is 0 Å². The molecule has 0 spiro atoms. The Labute approximate surface area is 138 Å². The van der Waals surface area contributed by atoms with E-state index in [1.165, 1.54) is 6.07 Å². The van der Waals surface area contributed by atoms with Gasteiger partial charge in [0.05, 0.1) is 0 Å². The molecule has 0 aliphatic heterocycles. The van der Waals surface area contributed by atoms with Gasteiger partial charge >= 0.3 is 0 Å². The van der Waals surface area contributed by atoms with Crippen molar-refractivity contribution in [2.75, 3.05) is 6.54 Å². The predicted octanol–water partition coefficient (Wildman–Crippen LogP) is 5.49. The zero-order chi connectivity index (χ0) is 15.2. The number of benzene rings is 2. The Bertz CT molecular complexity index is 584.